The van der Waals surface area contributed by atoms with Crippen LogP contribution >= 0.6 is 11.3 Å². The van der Waals surface area contributed by atoms with Gasteiger partial charge in [-0.15, -0.1) is 11.3 Å². The van der Waals surface area contributed by atoms with Crippen molar-refractivity contribution in [3.8, 4) is 0 Å². The molecule has 1 unspecified atom stereocenters. The van der Waals surface area contributed by atoms with Gasteiger partial charge in [0.05, 0.1) is 5.69 Å². The molecular weight excluding hydrogens is 260 g/mol. The first kappa shape index (κ1) is 12.8. The zero-order chi connectivity index (χ0) is 13.5. The summed E-state index contributed by atoms with van der Waals surface area (Å²) < 4.78 is 1.59. The molecule has 0 aromatic carbocycles. The van der Waals surface area contributed by atoms with Crippen LogP contribution in [0.2, 0.25) is 0 Å². The van der Waals surface area contributed by atoms with Gasteiger partial charge in [-0.3, -0.25) is 14.1 Å². The summed E-state index contributed by atoms with van der Waals surface area (Å²) in [5.74, 6) is 0. The summed E-state index contributed by atoms with van der Waals surface area (Å²) in [7, 11) is 0. The van der Waals surface area contributed by atoms with E-state index in [-0.39, 0.29) is 11.0 Å². The molecular formula is C13H18N4OS. The number of fused-ring (bicyclic) bond motifs is 1. The molecule has 0 radical (unpaired) electrons. The van der Waals surface area contributed by atoms with Crippen LogP contribution in [-0.4, -0.2) is 33.9 Å². The highest BCUT2D eigenvalue weighted by Gasteiger charge is 2.32. The van der Waals surface area contributed by atoms with E-state index in [2.05, 4.69) is 16.8 Å². The van der Waals surface area contributed by atoms with Crippen molar-refractivity contribution in [1.82, 2.24) is 14.3 Å². The summed E-state index contributed by atoms with van der Waals surface area (Å²) in [6.07, 6.45) is 2.88. The lowest BCUT2D eigenvalue weighted by Gasteiger charge is -2.22. The maximum atomic E-state index is 11.9. The SMILES string of the molecule is CC1(CN)CCN(Cc2cc(=O)n3ccsc3n2)C1. The molecule has 0 saturated carbocycles. The first-order valence-electron chi connectivity index (χ1n) is 6.48. The van der Waals surface area contributed by atoms with Gasteiger partial charge in [-0.05, 0) is 24.9 Å². The van der Waals surface area contributed by atoms with Crippen molar-refractivity contribution in [2.45, 2.75) is 19.9 Å². The zero-order valence-corrected chi connectivity index (χ0v) is 11.8. The van der Waals surface area contributed by atoms with Crippen LogP contribution in [0.25, 0.3) is 4.96 Å². The van der Waals surface area contributed by atoms with Crippen LogP contribution in [0.4, 0.5) is 0 Å². The van der Waals surface area contributed by atoms with Crippen LogP contribution in [0.5, 0.6) is 0 Å². The minimum atomic E-state index is 0.00188. The molecule has 1 saturated heterocycles. The number of thiazole rings is 1. The molecule has 2 aromatic rings. The second kappa shape index (κ2) is 4.70. The number of nitrogens with zero attached hydrogens (tertiary/aromatic N) is 3. The van der Waals surface area contributed by atoms with E-state index in [4.69, 9.17) is 5.73 Å². The predicted molar refractivity (Wildman–Crippen MR) is 76.4 cm³/mol. The molecule has 6 heteroatoms. The number of hydrogen-bond acceptors (Lipinski definition) is 5. The summed E-state index contributed by atoms with van der Waals surface area (Å²) in [6, 6.07) is 1.64. The van der Waals surface area contributed by atoms with Crippen molar-refractivity contribution in [1.29, 1.82) is 0 Å². The van der Waals surface area contributed by atoms with Crippen LogP contribution in [-0.2, 0) is 6.54 Å². The lowest BCUT2D eigenvalue weighted by Crippen LogP contribution is -2.31. The maximum absolute atomic E-state index is 11.9. The Hall–Kier alpha value is -1.24. The number of rotatable bonds is 3. The molecule has 3 rings (SSSR count). The molecule has 3 heterocycles. The van der Waals surface area contributed by atoms with Gasteiger partial charge in [0.2, 0.25) is 0 Å². The Balaban J connectivity index is 1.81. The summed E-state index contributed by atoms with van der Waals surface area (Å²) in [5, 5.41) is 1.88. The maximum Gasteiger partial charge on any atom is 0.258 e. The van der Waals surface area contributed by atoms with Crippen LogP contribution in [0.15, 0.2) is 22.4 Å². The van der Waals surface area contributed by atoms with Gasteiger partial charge in [0, 0.05) is 30.7 Å². The number of hydrogen-bond donors (Lipinski definition) is 1. The third kappa shape index (κ3) is 2.43. The molecule has 0 bridgehead atoms. The predicted octanol–water partition coefficient (Wildman–Crippen LogP) is 0.927. The van der Waals surface area contributed by atoms with Crippen molar-refractivity contribution in [2.75, 3.05) is 19.6 Å². The summed E-state index contributed by atoms with van der Waals surface area (Å²) in [5.41, 5.74) is 6.88. The summed E-state index contributed by atoms with van der Waals surface area (Å²) >= 11 is 1.49. The Morgan fingerprint density at radius 3 is 3.16 bits per heavy atom. The first-order valence-corrected chi connectivity index (χ1v) is 7.36. The lowest BCUT2D eigenvalue weighted by atomic mass is 9.90. The Kier molecular flexibility index (Phi) is 3.16. The fourth-order valence-electron chi connectivity index (χ4n) is 2.63. The fraction of sp³-hybridized carbons (Fsp3) is 0.538. The van der Waals surface area contributed by atoms with E-state index in [9.17, 15) is 4.79 Å². The van der Waals surface area contributed by atoms with Gasteiger partial charge < -0.3 is 5.73 Å². The van der Waals surface area contributed by atoms with E-state index in [1.54, 1.807) is 16.7 Å². The standard InChI is InChI=1S/C13H18N4OS/c1-13(8-14)2-3-16(9-13)7-10-6-11(18)17-4-5-19-12(17)15-10/h4-6H,2-3,7-9,14H2,1H3. The van der Waals surface area contributed by atoms with Crippen LogP contribution in [0, 0.1) is 5.41 Å². The van der Waals surface area contributed by atoms with E-state index in [1.807, 2.05) is 5.38 Å². The highest BCUT2D eigenvalue weighted by atomic mass is 32.1. The average molecular weight is 278 g/mol. The van der Waals surface area contributed by atoms with Gasteiger partial charge in [-0.1, -0.05) is 6.92 Å². The summed E-state index contributed by atoms with van der Waals surface area (Å²) in [6.45, 7) is 5.68. The molecule has 5 nitrogen and oxygen atoms in total. The van der Waals surface area contributed by atoms with Crippen LogP contribution < -0.4 is 11.3 Å². The minimum absolute atomic E-state index is 0.00188. The van der Waals surface area contributed by atoms with Crippen LogP contribution in [0.1, 0.15) is 19.0 Å². The molecule has 102 valence electrons. The molecule has 0 amide bonds. The Morgan fingerprint density at radius 2 is 2.42 bits per heavy atom. The van der Waals surface area contributed by atoms with Gasteiger partial charge >= 0.3 is 0 Å². The fourth-order valence-corrected chi connectivity index (χ4v) is 3.36. The van der Waals surface area contributed by atoms with Gasteiger partial charge in [0.1, 0.15) is 0 Å². The largest absolute Gasteiger partial charge is 0.330 e. The van der Waals surface area contributed by atoms with E-state index >= 15 is 0 Å². The third-order valence-electron chi connectivity index (χ3n) is 3.87. The summed E-state index contributed by atoms with van der Waals surface area (Å²) in [4.78, 5) is 19.5. The Labute approximate surface area is 115 Å². The van der Waals surface area contributed by atoms with Gasteiger partial charge in [0.15, 0.2) is 4.96 Å². The van der Waals surface area contributed by atoms with E-state index in [0.717, 1.165) is 36.7 Å². The quantitative estimate of drug-likeness (QED) is 0.907. The van der Waals surface area contributed by atoms with Crippen molar-refractivity contribution < 1.29 is 0 Å². The van der Waals surface area contributed by atoms with Crippen molar-refractivity contribution in [2.24, 2.45) is 11.1 Å². The third-order valence-corrected chi connectivity index (χ3v) is 4.63. The first-order chi connectivity index (χ1) is 9.09. The molecule has 0 aliphatic carbocycles. The normalized spacial score (nSPS) is 24.3. The van der Waals surface area contributed by atoms with E-state index in [1.165, 1.54) is 11.3 Å². The number of aromatic nitrogens is 2. The molecule has 19 heavy (non-hydrogen) atoms. The number of likely N-dealkylation sites (tertiary alicyclic amines) is 1. The van der Waals surface area contributed by atoms with Crippen molar-refractivity contribution >= 4 is 16.3 Å². The number of nitrogens with two attached hydrogens (primary N) is 1. The minimum Gasteiger partial charge on any atom is -0.330 e. The smallest absolute Gasteiger partial charge is 0.258 e. The second-order valence-corrected chi connectivity index (χ2v) is 6.49. The molecule has 1 fully saturated rings. The molecule has 1 atom stereocenters. The Bertz CT molecular complexity index is 649. The molecule has 1 aliphatic heterocycles. The van der Waals surface area contributed by atoms with Crippen molar-refractivity contribution in [3.05, 3.63) is 33.7 Å². The Morgan fingerprint density at radius 1 is 1.58 bits per heavy atom. The zero-order valence-electron chi connectivity index (χ0n) is 11.0. The molecule has 2 aromatic heterocycles. The average Bonchev–Trinajstić information content (AvgIpc) is 2.97. The second-order valence-electron chi connectivity index (χ2n) is 5.62. The van der Waals surface area contributed by atoms with Crippen LogP contribution in [0.3, 0.4) is 0 Å². The monoisotopic (exact) mass is 278 g/mol. The topological polar surface area (TPSA) is 63.6 Å². The molecule has 2 N–H and O–H groups in total. The van der Waals surface area contributed by atoms with Crippen molar-refractivity contribution in [3.63, 3.8) is 0 Å². The van der Waals surface area contributed by atoms with E-state index in [0.29, 0.717) is 6.54 Å². The van der Waals surface area contributed by atoms with Gasteiger partial charge in [0.25, 0.3) is 5.56 Å². The highest BCUT2D eigenvalue weighted by molar-refractivity contribution is 7.15. The molecule has 0 spiro atoms. The lowest BCUT2D eigenvalue weighted by molar-refractivity contribution is 0.272. The van der Waals surface area contributed by atoms with Gasteiger partial charge in [-0.2, -0.15) is 0 Å². The van der Waals surface area contributed by atoms with E-state index < -0.39 is 0 Å². The molecule has 1 aliphatic rings. The highest BCUT2D eigenvalue weighted by Crippen LogP contribution is 2.29. The van der Waals surface area contributed by atoms with Gasteiger partial charge in [-0.25, -0.2) is 4.98 Å².